The van der Waals surface area contributed by atoms with Crippen LogP contribution in [0.5, 0.6) is 0 Å². The Balaban J connectivity index is 1.56. The lowest BCUT2D eigenvalue weighted by Crippen LogP contribution is -2.13. The van der Waals surface area contributed by atoms with Gasteiger partial charge in [0.25, 0.3) is 0 Å². The molecule has 0 aliphatic carbocycles. The van der Waals surface area contributed by atoms with Crippen LogP contribution in [0.2, 0.25) is 0 Å². The Hall–Kier alpha value is -2.60. The van der Waals surface area contributed by atoms with Crippen molar-refractivity contribution in [3.05, 3.63) is 60.0 Å². The highest BCUT2D eigenvalue weighted by Crippen LogP contribution is 2.23. The number of amides is 1. The van der Waals surface area contributed by atoms with Crippen LogP contribution in [0, 0.1) is 0 Å². The van der Waals surface area contributed by atoms with Gasteiger partial charge in [0.05, 0.1) is 5.69 Å². The molecule has 0 aliphatic heterocycles. The molecule has 0 bridgehead atoms. The number of rotatable bonds is 5. The van der Waals surface area contributed by atoms with Gasteiger partial charge < -0.3 is 5.32 Å². The average molecular weight is 310 g/mol. The predicted molar refractivity (Wildman–Crippen MR) is 86.5 cm³/mol. The molecule has 0 saturated heterocycles. The molecule has 3 heterocycles. The van der Waals surface area contributed by atoms with E-state index in [0.29, 0.717) is 18.7 Å². The Morgan fingerprint density at radius 1 is 1.14 bits per heavy atom. The largest absolute Gasteiger partial charge is 0.311 e. The van der Waals surface area contributed by atoms with E-state index >= 15 is 0 Å². The summed E-state index contributed by atoms with van der Waals surface area (Å²) in [6.07, 6.45) is 6.14. The summed E-state index contributed by atoms with van der Waals surface area (Å²) < 4.78 is 0. The normalized spacial score (nSPS) is 10.4. The van der Waals surface area contributed by atoms with Crippen molar-refractivity contribution < 1.29 is 4.79 Å². The average Bonchev–Trinajstić information content (AvgIpc) is 3.04. The first-order valence-electron chi connectivity index (χ1n) is 6.87. The third-order valence-electron chi connectivity index (χ3n) is 3.02. The van der Waals surface area contributed by atoms with E-state index in [0.717, 1.165) is 16.3 Å². The summed E-state index contributed by atoms with van der Waals surface area (Å²) in [6.45, 7) is 0. The molecule has 3 aromatic rings. The minimum absolute atomic E-state index is 0.0582. The summed E-state index contributed by atoms with van der Waals surface area (Å²) in [5.74, 6) is 0.514. The van der Waals surface area contributed by atoms with E-state index in [2.05, 4.69) is 20.3 Å². The van der Waals surface area contributed by atoms with E-state index in [1.54, 1.807) is 36.0 Å². The number of hydrogen-bond acceptors (Lipinski definition) is 5. The molecule has 0 unspecified atom stereocenters. The second-order valence-corrected chi connectivity index (χ2v) is 5.50. The molecule has 22 heavy (non-hydrogen) atoms. The van der Waals surface area contributed by atoms with Crippen molar-refractivity contribution in [2.45, 2.75) is 12.8 Å². The van der Waals surface area contributed by atoms with Crippen LogP contribution in [0.3, 0.4) is 0 Å². The smallest absolute Gasteiger partial charge is 0.225 e. The van der Waals surface area contributed by atoms with E-state index in [1.165, 1.54) is 0 Å². The lowest BCUT2D eigenvalue weighted by atomic mass is 10.2. The van der Waals surface area contributed by atoms with Gasteiger partial charge in [-0.25, -0.2) is 9.97 Å². The van der Waals surface area contributed by atoms with Crippen LogP contribution in [-0.2, 0) is 11.2 Å². The third kappa shape index (κ3) is 3.73. The molecule has 3 rings (SSSR count). The number of aromatic nitrogens is 3. The lowest BCUT2D eigenvalue weighted by molar-refractivity contribution is -0.116. The zero-order chi connectivity index (χ0) is 15.2. The van der Waals surface area contributed by atoms with Crippen LogP contribution in [0.4, 0.5) is 5.82 Å². The van der Waals surface area contributed by atoms with Gasteiger partial charge >= 0.3 is 0 Å². The number of nitrogens with zero attached hydrogens (tertiary/aromatic N) is 3. The molecule has 0 saturated carbocycles. The molecule has 0 spiro atoms. The van der Waals surface area contributed by atoms with Gasteiger partial charge in [0.1, 0.15) is 10.8 Å². The number of nitrogens with one attached hydrogen (secondary N) is 1. The molecular formula is C16H14N4OS. The second-order valence-electron chi connectivity index (χ2n) is 4.64. The molecular weight excluding hydrogens is 296 g/mol. The molecule has 1 N–H and O–H groups in total. The molecule has 110 valence electrons. The van der Waals surface area contributed by atoms with Gasteiger partial charge in [-0.15, -0.1) is 11.3 Å². The van der Waals surface area contributed by atoms with Crippen molar-refractivity contribution in [2.75, 3.05) is 5.32 Å². The Kier molecular flexibility index (Phi) is 4.50. The van der Waals surface area contributed by atoms with E-state index < -0.39 is 0 Å². The number of thiazole rings is 1. The Labute approximate surface area is 132 Å². The maximum Gasteiger partial charge on any atom is 0.225 e. The van der Waals surface area contributed by atoms with Crippen LogP contribution in [0.1, 0.15) is 12.1 Å². The zero-order valence-electron chi connectivity index (χ0n) is 11.8. The molecule has 0 atom stereocenters. The van der Waals surface area contributed by atoms with Gasteiger partial charge in [-0.3, -0.25) is 9.78 Å². The fraction of sp³-hybridized carbons (Fsp3) is 0.125. The van der Waals surface area contributed by atoms with Gasteiger partial charge in [-0.2, -0.15) is 0 Å². The first-order valence-corrected chi connectivity index (χ1v) is 7.75. The summed E-state index contributed by atoms with van der Waals surface area (Å²) in [4.78, 5) is 24.5. The zero-order valence-corrected chi connectivity index (χ0v) is 12.6. The highest BCUT2D eigenvalue weighted by Gasteiger charge is 2.08. The SMILES string of the molecule is O=C(CCc1csc(-c2ccncc2)n1)Nc1ccccn1. The quantitative estimate of drug-likeness (QED) is 0.786. The minimum atomic E-state index is -0.0582. The number of hydrogen-bond donors (Lipinski definition) is 1. The molecule has 0 fully saturated rings. The Bertz CT molecular complexity index is 743. The molecule has 6 heteroatoms. The molecule has 0 aliphatic rings. The monoisotopic (exact) mass is 310 g/mol. The summed E-state index contributed by atoms with van der Waals surface area (Å²) in [6, 6.07) is 9.27. The fourth-order valence-electron chi connectivity index (χ4n) is 1.93. The standard InChI is InChI=1S/C16H14N4OS/c21-15(20-14-3-1-2-8-18-14)5-4-13-11-22-16(19-13)12-6-9-17-10-7-12/h1-3,6-11H,4-5H2,(H,18,20,21). The highest BCUT2D eigenvalue weighted by molar-refractivity contribution is 7.13. The number of anilines is 1. The van der Waals surface area contributed by atoms with Crippen molar-refractivity contribution in [3.8, 4) is 10.6 Å². The molecule has 5 nitrogen and oxygen atoms in total. The van der Waals surface area contributed by atoms with Crippen LogP contribution in [0.25, 0.3) is 10.6 Å². The van der Waals surface area contributed by atoms with Gasteiger partial charge in [0.2, 0.25) is 5.91 Å². The number of carbonyl (C=O) groups is 1. The minimum Gasteiger partial charge on any atom is -0.311 e. The van der Waals surface area contributed by atoms with Gasteiger partial charge in [-0.1, -0.05) is 6.07 Å². The van der Waals surface area contributed by atoms with Crippen LogP contribution in [-0.4, -0.2) is 20.9 Å². The Morgan fingerprint density at radius 2 is 2.00 bits per heavy atom. The third-order valence-corrected chi connectivity index (χ3v) is 3.96. The van der Waals surface area contributed by atoms with Crippen LogP contribution >= 0.6 is 11.3 Å². The van der Waals surface area contributed by atoms with E-state index in [9.17, 15) is 4.79 Å². The molecule has 1 amide bonds. The Morgan fingerprint density at radius 3 is 2.77 bits per heavy atom. The highest BCUT2D eigenvalue weighted by atomic mass is 32.1. The van der Waals surface area contributed by atoms with Gasteiger partial charge in [0.15, 0.2) is 0 Å². The molecule has 0 aromatic carbocycles. The maximum absolute atomic E-state index is 11.9. The molecule has 0 radical (unpaired) electrons. The van der Waals surface area contributed by atoms with Crippen molar-refractivity contribution in [2.24, 2.45) is 0 Å². The summed E-state index contributed by atoms with van der Waals surface area (Å²) in [5.41, 5.74) is 1.97. The topological polar surface area (TPSA) is 67.8 Å². The van der Waals surface area contributed by atoms with E-state index in [-0.39, 0.29) is 5.91 Å². The maximum atomic E-state index is 11.9. The number of aryl methyl sites for hydroxylation is 1. The van der Waals surface area contributed by atoms with Gasteiger partial charge in [0, 0.05) is 36.0 Å². The number of carbonyl (C=O) groups excluding carboxylic acids is 1. The van der Waals surface area contributed by atoms with Crippen molar-refractivity contribution in [1.29, 1.82) is 0 Å². The fourth-order valence-corrected chi connectivity index (χ4v) is 2.79. The first-order chi connectivity index (χ1) is 10.8. The van der Waals surface area contributed by atoms with Crippen molar-refractivity contribution in [3.63, 3.8) is 0 Å². The first kappa shape index (κ1) is 14.3. The molecule has 3 aromatic heterocycles. The van der Waals surface area contributed by atoms with Crippen molar-refractivity contribution >= 4 is 23.1 Å². The van der Waals surface area contributed by atoms with E-state index in [1.807, 2.05) is 29.6 Å². The summed E-state index contributed by atoms with van der Waals surface area (Å²) in [7, 11) is 0. The van der Waals surface area contributed by atoms with Crippen LogP contribution in [0.15, 0.2) is 54.3 Å². The second kappa shape index (κ2) is 6.91. The van der Waals surface area contributed by atoms with E-state index in [4.69, 9.17) is 0 Å². The lowest BCUT2D eigenvalue weighted by Gasteiger charge is -2.02. The summed E-state index contributed by atoms with van der Waals surface area (Å²) in [5, 5.41) is 5.70. The number of pyridine rings is 2. The van der Waals surface area contributed by atoms with Gasteiger partial charge in [-0.05, 0) is 30.7 Å². The van der Waals surface area contributed by atoms with Crippen LogP contribution < -0.4 is 5.32 Å². The summed E-state index contributed by atoms with van der Waals surface area (Å²) >= 11 is 1.58. The van der Waals surface area contributed by atoms with Crippen molar-refractivity contribution in [1.82, 2.24) is 15.0 Å². The predicted octanol–water partition coefficient (Wildman–Crippen LogP) is 3.17.